The van der Waals surface area contributed by atoms with Gasteiger partial charge in [0.2, 0.25) is 5.91 Å². The van der Waals surface area contributed by atoms with Crippen molar-refractivity contribution in [1.29, 1.82) is 0 Å². The van der Waals surface area contributed by atoms with E-state index in [4.69, 9.17) is 16.0 Å². The molecule has 134 valence electrons. The molecule has 0 unspecified atom stereocenters. The fourth-order valence-electron chi connectivity index (χ4n) is 2.70. The first-order valence-electron chi connectivity index (χ1n) is 7.81. The fourth-order valence-corrected chi connectivity index (χ4v) is 2.93. The number of carbonyl (C=O) groups excluding carboxylic acids is 1. The Kier molecular flexibility index (Phi) is 4.95. The molecule has 0 radical (unpaired) electrons. The average Bonchev–Trinajstić information content (AvgIpc) is 2.58. The van der Waals surface area contributed by atoms with E-state index in [9.17, 15) is 19.1 Å². The minimum absolute atomic E-state index is 0.0210. The van der Waals surface area contributed by atoms with Crippen LogP contribution in [0.4, 0.5) is 4.39 Å². The van der Waals surface area contributed by atoms with Gasteiger partial charge in [-0.1, -0.05) is 17.7 Å². The van der Waals surface area contributed by atoms with Gasteiger partial charge in [0.15, 0.2) is 0 Å². The highest BCUT2D eigenvalue weighted by Gasteiger charge is 2.16. The molecule has 0 aliphatic rings. The van der Waals surface area contributed by atoms with E-state index in [0.717, 1.165) is 0 Å². The molecule has 0 saturated carbocycles. The normalized spacial score (nSPS) is 10.9. The van der Waals surface area contributed by atoms with Crippen LogP contribution >= 0.6 is 11.6 Å². The summed E-state index contributed by atoms with van der Waals surface area (Å²) in [7, 11) is 0. The van der Waals surface area contributed by atoms with Crippen molar-refractivity contribution in [3.8, 4) is 5.75 Å². The third-order valence-corrected chi connectivity index (χ3v) is 4.49. The van der Waals surface area contributed by atoms with Gasteiger partial charge >= 0.3 is 5.63 Å². The number of rotatable bonds is 4. The van der Waals surface area contributed by atoms with E-state index < -0.39 is 17.3 Å². The highest BCUT2D eigenvalue weighted by Crippen LogP contribution is 2.23. The van der Waals surface area contributed by atoms with Crippen LogP contribution in [-0.2, 0) is 17.8 Å². The van der Waals surface area contributed by atoms with Crippen molar-refractivity contribution in [2.45, 2.75) is 19.9 Å². The zero-order valence-corrected chi connectivity index (χ0v) is 14.6. The first-order valence-corrected chi connectivity index (χ1v) is 8.19. The summed E-state index contributed by atoms with van der Waals surface area (Å²) < 4.78 is 18.9. The highest BCUT2D eigenvalue weighted by atomic mass is 35.5. The van der Waals surface area contributed by atoms with Crippen molar-refractivity contribution in [3.63, 3.8) is 0 Å². The summed E-state index contributed by atoms with van der Waals surface area (Å²) in [5.74, 6) is -0.996. The summed E-state index contributed by atoms with van der Waals surface area (Å²) in [5, 5.41) is 12.9. The maximum Gasteiger partial charge on any atom is 0.340 e. The molecule has 1 heterocycles. The number of amides is 1. The van der Waals surface area contributed by atoms with Gasteiger partial charge < -0.3 is 14.8 Å². The molecule has 0 atom stereocenters. The van der Waals surface area contributed by atoms with E-state index in [-0.39, 0.29) is 40.4 Å². The van der Waals surface area contributed by atoms with Crippen LogP contribution in [0.2, 0.25) is 5.02 Å². The molecule has 1 amide bonds. The zero-order chi connectivity index (χ0) is 18.8. The lowest BCUT2D eigenvalue weighted by molar-refractivity contribution is -0.120. The maximum atomic E-state index is 13.7. The van der Waals surface area contributed by atoms with Crippen LogP contribution in [0.15, 0.2) is 45.6 Å². The number of phenols is 1. The number of hydrogen-bond donors (Lipinski definition) is 2. The van der Waals surface area contributed by atoms with Gasteiger partial charge in [-0.15, -0.1) is 0 Å². The third kappa shape index (κ3) is 3.55. The van der Waals surface area contributed by atoms with Crippen LogP contribution < -0.4 is 10.9 Å². The van der Waals surface area contributed by atoms with Crippen molar-refractivity contribution in [1.82, 2.24) is 5.32 Å². The second kappa shape index (κ2) is 7.17. The lowest BCUT2D eigenvalue weighted by Crippen LogP contribution is -2.27. The molecule has 2 aromatic carbocycles. The Morgan fingerprint density at radius 2 is 2.04 bits per heavy atom. The maximum absolute atomic E-state index is 13.7. The van der Waals surface area contributed by atoms with Gasteiger partial charge in [0.25, 0.3) is 0 Å². The summed E-state index contributed by atoms with van der Waals surface area (Å²) in [5.41, 5.74) is 0.574. The van der Waals surface area contributed by atoms with Crippen molar-refractivity contribution >= 4 is 28.5 Å². The van der Waals surface area contributed by atoms with Crippen LogP contribution in [0.25, 0.3) is 11.0 Å². The largest absolute Gasteiger partial charge is 0.508 e. The molecule has 0 bridgehead atoms. The van der Waals surface area contributed by atoms with Crippen molar-refractivity contribution < 1.29 is 18.7 Å². The van der Waals surface area contributed by atoms with E-state index in [1.807, 2.05) is 0 Å². The van der Waals surface area contributed by atoms with Gasteiger partial charge in [-0.25, -0.2) is 9.18 Å². The molecular formula is C19H15ClFNO4. The summed E-state index contributed by atoms with van der Waals surface area (Å²) in [6, 6.07) is 8.69. The quantitative estimate of drug-likeness (QED) is 0.684. The van der Waals surface area contributed by atoms with E-state index in [0.29, 0.717) is 10.9 Å². The smallest absolute Gasteiger partial charge is 0.340 e. The molecule has 0 aliphatic carbocycles. The second-order valence-corrected chi connectivity index (χ2v) is 6.23. The lowest BCUT2D eigenvalue weighted by atomic mass is 10.0. The van der Waals surface area contributed by atoms with Gasteiger partial charge in [0.05, 0.1) is 12.0 Å². The van der Waals surface area contributed by atoms with Gasteiger partial charge in [-0.3, -0.25) is 4.79 Å². The first-order chi connectivity index (χ1) is 12.4. The van der Waals surface area contributed by atoms with Gasteiger partial charge in [-0.05, 0) is 36.8 Å². The topological polar surface area (TPSA) is 79.5 Å². The summed E-state index contributed by atoms with van der Waals surface area (Å²) in [6.45, 7) is 1.61. The van der Waals surface area contributed by atoms with Crippen LogP contribution in [0.5, 0.6) is 5.75 Å². The van der Waals surface area contributed by atoms with Crippen LogP contribution in [0.1, 0.15) is 16.7 Å². The van der Waals surface area contributed by atoms with Crippen LogP contribution in [0, 0.1) is 12.7 Å². The number of carbonyl (C=O) groups is 1. The lowest BCUT2D eigenvalue weighted by Gasteiger charge is -2.10. The Balaban J connectivity index is 1.81. The second-order valence-electron chi connectivity index (χ2n) is 5.83. The average molecular weight is 376 g/mol. The predicted molar refractivity (Wildman–Crippen MR) is 95.8 cm³/mol. The molecule has 0 spiro atoms. The molecule has 3 aromatic rings. The van der Waals surface area contributed by atoms with E-state index in [1.54, 1.807) is 13.0 Å². The van der Waals surface area contributed by atoms with E-state index in [2.05, 4.69) is 5.32 Å². The number of phenolic OH excluding ortho intramolecular Hbond substituents is 1. The Morgan fingerprint density at radius 1 is 1.27 bits per heavy atom. The summed E-state index contributed by atoms with van der Waals surface area (Å²) in [4.78, 5) is 24.4. The Bertz CT molecular complexity index is 1040. The Hall–Kier alpha value is -2.86. The number of benzene rings is 2. The minimum Gasteiger partial charge on any atom is -0.508 e. The number of hydrogen-bond acceptors (Lipinski definition) is 4. The number of fused-ring (bicyclic) bond motifs is 1. The van der Waals surface area contributed by atoms with E-state index in [1.165, 1.54) is 30.3 Å². The van der Waals surface area contributed by atoms with Crippen molar-refractivity contribution in [2.24, 2.45) is 0 Å². The molecular weight excluding hydrogens is 361 g/mol. The van der Waals surface area contributed by atoms with Gasteiger partial charge in [0.1, 0.15) is 17.1 Å². The first kappa shape index (κ1) is 17.9. The monoisotopic (exact) mass is 375 g/mol. The molecule has 5 nitrogen and oxygen atoms in total. The highest BCUT2D eigenvalue weighted by molar-refractivity contribution is 6.31. The summed E-state index contributed by atoms with van der Waals surface area (Å²) >= 11 is 5.93. The van der Waals surface area contributed by atoms with Crippen LogP contribution in [-0.4, -0.2) is 11.0 Å². The minimum atomic E-state index is -0.653. The number of aryl methyl sites for hydroxylation is 1. The molecule has 0 saturated heterocycles. The van der Waals surface area contributed by atoms with E-state index >= 15 is 0 Å². The third-order valence-electron chi connectivity index (χ3n) is 4.13. The molecule has 0 aliphatic heterocycles. The fraction of sp³-hybridized carbons (Fsp3) is 0.158. The number of aromatic hydroxyl groups is 1. The Labute approximate surface area is 153 Å². The van der Waals surface area contributed by atoms with Crippen molar-refractivity contribution in [3.05, 3.63) is 74.3 Å². The molecule has 26 heavy (non-hydrogen) atoms. The molecule has 1 aromatic heterocycles. The zero-order valence-electron chi connectivity index (χ0n) is 13.8. The van der Waals surface area contributed by atoms with Gasteiger partial charge in [0, 0.05) is 28.6 Å². The SMILES string of the molecule is Cc1c(CC(=O)NCc2c(F)cccc2Cl)c(=O)oc2cc(O)ccc12. The standard InChI is InChI=1S/C19H15ClFNO4/c1-10-12-6-5-11(23)7-17(12)26-19(25)13(10)8-18(24)22-9-14-15(20)3-2-4-16(14)21/h2-7,23H,8-9H2,1H3,(H,22,24). The number of nitrogens with one attached hydrogen (secondary N) is 1. The van der Waals surface area contributed by atoms with Crippen molar-refractivity contribution in [2.75, 3.05) is 0 Å². The van der Waals surface area contributed by atoms with Crippen LogP contribution in [0.3, 0.4) is 0 Å². The molecule has 2 N–H and O–H groups in total. The number of halogens is 2. The Morgan fingerprint density at radius 3 is 2.77 bits per heavy atom. The predicted octanol–water partition coefficient (Wildman–Crippen LogP) is 3.46. The molecule has 0 fully saturated rings. The van der Waals surface area contributed by atoms with Gasteiger partial charge in [-0.2, -0.15) is 0 Å². The summed E-state index contributed by atoms with van der Waals surface area (Å²) in [6.07, 6.45) is -0.211. The molecule has 3 rings (SSSR count). The molecule has 7 heteroatoms.